The highest BCUT2D eigenvalue weighted by molar-refractivity contribution is 14.0. The molecule has 0 bridgehead atoms. The number of rotatable bonds is 8. The Balaban J connectivity index is 0.00000392. The lowest BCUT2D eigenvalue weighted by Gasteiger charge is -2.37. The molecular formula is C19H31F2IN4O2. The van der Waals surface area contributed by atoms with Crippen LogP contribution in [0.5, 0.6) is 5.75 Å². The molecule has 2 rings (SSSR count). The van der Waals surface area contributed by atoms with Gasteiger partial charge >= 0.3 is 6.61 Å². The Morgan fingerprint density at radius 2 is 1.96 bits per heavy atom. The SMILES string of the molecule is CN=C(NCc1cccc(OC(F)F)c1)NCC(C(C)C)N1CCOCC1.I. The van der Waals surface area contributed by atoms with E-state index < -0.39 is 6.61 Å². The van der Waals surface area contributed by atoms with Crippen LogP contribution in [-0.4, -0.2) is 63.4 Å². The molecule has 1 aliphatic rings. The Bertz CT molecular complexity index is 599. The molecule has 6 nitrogen and oxygen atoms in total. The van der Waals surface area contributed by atoms with Crippen LogP contribution in [0.25, 0.3) is 0 Å². The summed E-state index contributed by atoms with van der Waals surface area (Å²) in [5, 5.41) is 6.59. The second kappa shape index (κ2) is 13.1. The Labute approximate surface area is 183 Å². The van der Waals surface area contributed by atoms with Crippen LogP contribution in [0.15, 0.2) is 29.3 Å². The van der Waals surface area contributed by atoms with Crippen LogP contribution in [-0.2, 0) is 11.3 Å². The van der Waals surface area contributed by atoms with Crippen molar-refractivity contribution < 1.29 is 18.3 Å². The summed E-state index contributed by atoms with van der Waals surface area (Å²) in [6.07, 6.45) is 0. The number of guanidine groups is 1. The number of halogens is 3. The second-order valence-electron chi connectivity index (χ2n) is 6.79. The summed E-state index contributed by atoms with van der Waals surface area (Å²) in [5.74, 6) is 1.32. The van der Waals surface area contributed by atoms with Gasteiger partial charge in [-0.3, -0.25) is 9.89 Å². The molecule has 1 unspecified atom stereocenters. The van der Waals surface area contributed by atoms with Gasteiger partial charge in [0.25, 0.3) is 0 Å². The molecular weight excluding hydrogens is 481 g/mol. The largest absolute Gasteiger partial charge is 0.435 e. The van der Waals surface area contributed by atoms with Gasteiger partial charge in [-0.25, -0.2) is 0 Å². The van der Waals surface area contributed by atoms with Crippen molar-refractivity contribution in [3.05, 3.63) is 29.8 Å². The molecule has 0 aliphatic carbocycles. The predicted molar refractivity (Wildman–Crippen MR) is 118 cm³/mol. The van der Waals surface area contributed by atoms with Gasteiger partial charge in [0.2, 0.25) is 0 Å². The minimum atomic E-state index is -2.82. The van der Waals surface area contributed by atoms with E-state index in [-0.39, 0.29) is 29.7 Å². The maximum absolute atomic E-state index is 12.3. The number of nitrogens with one attached hydrogen (secondary N) is 2. The maximum atomic E-state index is 12.3. The second-order valence-corrected chi connectivity index (χ2v) is 6.79. The number of hydrogen-bond donors (Lipinski definition) is 2. The van der Waals surface area contributed by atoms with Gasteiger partial charge in [0, 0.05) is 39.3 Å². The van der Waals surface area contributed by atoms with Gasteiger partial charge in [0.1, 0.15) is 5.75 Å². The first kappa shape index (κ1) is 24.8. The molecule has 1 saturated heterocycles. The molecule has 1 heterocycles. The quantitative estimate of drug-likeness (QED) is 0.319. The molecule has 9 heteroatoms. The summed E-state index contributed by atoms with van der Waals surface area (Å²) in [7, 11) is 1.71. The first-order valence-corrected chi connectivity index (χ1v) is 9.29. The summed E-state index contributed by atoms with van der Waals surface area (Å²) >= 11 is 0. The van der Waals surface area contributed by atoms with Gasteiger partial charge < -0.3 is 20.1 Å². The Morgan fingerprint density at radius 1 is 1.25 bits per heavy atom. The summed E-state index contributed by atoms with van der Waals surface area (Å²) in [6.45, 7) is 6.26. The molecule has 0 radical (unpaired) electrons. The maximum Gasteiger partial charge on any atom is 0.387 e. The van der Waals surface area contributed by atoms with E-state index in [1.54, 1.807) is 19.2 Å². The van der Waals surface area contributed by atoms with Crippen LogP contribution in [0.1, 0.15) is 19.4 Å². The molecule has 160 valence electrons. The number of nitrogens with zero attached hydrogens (tertiary/aromatic N) is 2. The zero-order valence-electron chi connectivity index (χ0n) is 16.7. The van der Waals surface area contributed by atoms with E-state index in [4.69, 9.17) is 4.74 Å². The van der Waals surface area contributed by atoms with E-state index in [2.05, 4.69) is 39.1 Å². The van der Waals surface area contributed by atoms with E-state index in [1.165, 1.54) is 6.07 Å². The number of benzene rings is 1. The van der Waals surface area contributed by atoms with Crippen LogP contribution in [0, 0.1) is 5.92 Å². The van der Waals surface area contributed by atoms with Gasteiger partial charge in [-0.15, -0.1) is 24.0 Å². The highest BCUT2D eigenvalue weighted by Crippen LogP contribution is 2.16. The molecule has 28 heavy (non-hydrogen) atoms. The molecule has 0 aromatic heterocycles. The lowest BCUT2D eigenvalue weighted by molar-refractivity contribution is -0.0498. The standard InChI is InChI=1S/C19H30F2N4O2.HI/c1-14(2)17(25-7-9-26-10-8-25)13-24-19(22-3)23-12-15-5-4-6-16(11-15)27-18(20)21;/h4-6,11,14,17-18H,7-10,12-13H2,1-3H3,(H2,22,23,24);1H. The number of morpholine rings is 1. The van der Waals surface area contributed by atoms with Crippen LogP contribution < -0.4 is 15.4 Å². The smallest absolute Gasteiger partial charge is 0.387 e. The molecule has 0 saturated carbocycles. The van der Waals surface area contributed by atoms with E-state index in [0.717, 1.165) is 38.4 Å². The highest BCUT2D eigenvalue weighted by Gasteiger charge is 2.23. The van der Waals surface area contributed by atoms with E-state index >= 15 is 0 Å². The molecule has 1 aromatic rings. The zero-order chi connectivity index (χ0) is 19.6. The zero-order valence-corrected chi connectivity index (χ0v) is 19.0. The number of alkyl halides is 2. The minimum Gasteiger partial charge on any atom is -0.435 e. The van der Waals surface area contributed by atoms with Crippen molar-refractivity contribution in [1.82, 2.24) is 15.5 Å². The Kier molecular flexibility index (Phi) is 11.6. The number of aliphatic imine (C=N–C) groups is 1. The van der Waals surface area contributed by atoms with E-state index in [0.29, 0.717) is 24.5 Å². The van der Waals surface area contributed by atoms with Gasteiger partial charge in [-0.1, -0.05) is 26.0 Å². The topological polar surface area (TPSA) is 58.1 Å². The van der Waals surface area contributed by atoms with Crippen molar-refractivity contribution in [2.75, 3.05) is 39.9 Å². The third-order valence-corrected chi connectivity index (χ3v) is 4.57. The average Bonchev–Trinajstić information content (AvgIpc) is 2.65. The van der Waals surface area contributed by atoms with Crippen LogP contribution in [0.2, 0.25) is 0 Å². The van der Waals surface area contributed by atoms with Gasteiger partial charge in [0.05, 0.1) is 13.2 Å². The lowest BCUT2D eigenvalue weighted by atomic mass is 10.0. The van der Waals surface area contributed by atoms with Crippen LogP contribution in [0.3, 0.4) is 0 Å². The molecule has 0 amide bonds. The highest BCUT2D eigenvalue weighted by atomic mass is 127. The van der Waals surface area contributed by atoms with Crippen molar-refractivity contribution in [3.63, 3.8) is 0 Å². The average molecular weight is 512 g/mol. The van der Waals surface area contributed by atoms with Crippen molar-refractivity contribution in [3.8, 4) is 5.75 Å². The van der Waals surface area contributed by atoms with E-state index in [1.807, 2.05) is 6.07 Å². The fraction of sp³-hybridized carbons (Fsp3) is 0.632. The number of hydrogen-bond acceptors (Lipinski definition) is 4. The van der Waals surface area contributed by atoms with Crippen LogP contribution >= 0.6 is 24.0 Å². The number of ether oxygens (including phenoxy) is 2. The van der Waals surface area contributed by atoms with Gasteiger partial charge in [-0.2, -0.15) is 8.78 Å². The van der Waals surface area contributed by atoms with Crippen LogP contribution in [0.4, 0.5) is 8.78 Å². The predicted octanol–water partition coefficient (Wildman–Crippen LogP) is 2.93. The Morgan fingerprint density at radius 3 is 2.57 bits per heavy atom. The lowest BCUT2D eigenvalue weighted by Crippen LogP contribution is -2.52. The van der Waals surface area contributed by atoms with Crippen molar-refractivity contribution in [1.29, 1.82) is 0 Å². The van der Waals surface area contributed by atoms with Crippen molar-refractivity contribution in [2.24, 2.45) is 10.9 Å². The fourth-order valence-corrected chi connectivity index (χ4v) is 3.13. The monoisotopic (exact) mass is 512 g/mol. The first-order valence-electron chi connectivity index (χ1n) is 9.29. The molecule has 0 spiro atoms. The molecule has 2 N–H and O–H groups in total. The van der Waals surface area contributed by atoms with Gasteiger partial charge in [-0.05, 0) is 23.6 Å². The molecule has 1 fully saturated rings. The first-order chi connectivity index (χ1) is 13.0. The fourth-order valence-electron chi connectivity index (χ4n) is 3.13. The third kappa shape index (κ3) is 8.44. The molecule has 1 aromatic carbocycles. The van der Waals surface area contributed by atoms with E-state index in [9.17, 15) is 8.78 Å². The molecule has 1 aliphatic heterocycles. The summed E-state index contributed by atoms with van der Waals surface area (Å²) < 4.78 is 34.6. The van der Waals surface area contributed by atoms with Crippen molar-refractivity contribution in [2.45, 2.75) is 33.0 Å². The summed E-state index contributed by atoms with van der Waals surface area (Å²) in [6, 6.07) is 7.03. The normalized spacial score (nSPS) is 16.6. The molecule has 1 atom stereocenters. The van der Waals surface area contributed by atoms with Gasteiger partial charge in [0.15, 0.2) is 5.96 Å². The minimum absolute atomic E-state index is 0. The summed E-state index contributed by atoms with van der Waals surface area (Å²) in [4.78, 5) is 6.69. The third-order valence-electron chi connectivity index (χ3n) is 4.57. The Hall–Kier alpha value is -1.20. The summed E-state index contributed by atoms with van der Waals surface area (Å²) in [5.41, 5.74) is 0.838. The van der Waals surface area contributed by atoms with Crippen molar-refractivity contribution >= 4 is 29.9 Å².